The van der Waals surface area contributed by atoms with Gasteiger partial charge in [-0.1, -0.05) is 26.0 Å². The smallest absolute Gasteiger partial charge is 0.130 e. The Kier molecular flexibility index (Phi) is 6.58. The maximum atomic E-state index is 5.85. The second-order valence-corrected chi connectivity index (χ2v) is 7.26. The molecule has 0 amide bonds. The number of ether oxygens (including phenoxy) is 2. The summed E-state index contributed by atoms with van der Waals surface area (Å²) in [7, 11) is 1.69. The molecule has 1 aliphatic heterocycles. The highest BCUT2D eigenvalue weighted by molar-refractivity contribution is 5.27. The second kappa shape index (κ2) is 9.10. The minimum Gasteiger partial charge on any atom is -0.497 e. The molecule has 5 nitrogen and oxygen atoms in total. The standard InChI is InChI=1S/C21H29N3O2/c1-16(2)21-22-11-18(12-23-21)14-24(15-20-5-4-10-26-20)13-17-6-8-19(25-3)9-7-17/h6-9,11-12,16,20H,4-5,10,13-15H2,1-3H3. The minimum absolute atomic E-state index is 0.323. The van der Waals surface area contributed by atoms with Gasteiger partial charge in [0.1, 0.15) is 11.6 Å². The van der Waals surface area contributed by atoms with E-state index in [0.29, 0.717) is 12.0 Å². The molecular weight excluding hydrogens is 326 g/mol. The molecule has 1 atom stereocenters. The summed E-state index contributed by atoms with van der Waals surface area (Å²) >= 11 is 0. The van der Waals surface area contributed by atoms with E-state index in [1.807, 2.05) is 24.5 Å². The largest absolute Gasteiger partial charge is 0.497 e. The van der Waals surface area contributed by atoms with Crippen LogP contribution < -0.4 is 4.74 Å². The average Bonchev–Trinajstić information content (AvgIpc) is 3.16. The van der Waals surface area contributed by atoms with Crippen LogP contribution in [0.5, 0.6) is 5.75 Å². The highest BCUT2D eigenvalue weighted by atomic mass is 16.5. The van der Waals surface area contributed by atoms with Crippen LogP contribution in [0.1, 0.15) is 49.6 Å². The highest BCUT2D eigenvalue weighted by Gasteiger charge is 2.20. The van der Waals surface area contributed by atoms with Crippen molar-refractivity contribution >= 4 is 0 Å². The van der Waals surface area contributed by atoms with Crippen molar-refractivity contribution in [3.63, 3.8) is 0 Å². The van der Waals surface area contributed by atoms with Crippen molar-refractivity contribution in [1.29, 1.82) is 0 Å². The van der Waals surface area contributed by atoms with E-state index < -0.39 is 0 Å². The predicted molar refractivity (Wildman–Crippen MR) is 102 cm³/mol. The Balaban J connectivity index is 1.69. The van der Waals surface area contributed by atoms with Gasteiger partial charge in [-0.3, -0.25) is 4.90 Å². The Hall–Kier alpha value is -1.98. The third-order valence-electron chi connectivity index (χ3n) is 4.70. The van der Waals surface area contributed by atoms with Gasteiger partial charge in [0.15, 0.2) is 0 Å². The SMILES string of the molecule is COc1ccc(CN(Cc2cnc(C(C)C)nc2)CC2CCCO2)cc1. The van der Waals surface area contributed by atoms with Crippen molar-refractivity contribution in [2.24, 2.45) is 0 Å². The van der Waals surface area contributed by atoms with Crippen molar-refractivity contribution in [2.75, 3.05) is 20.3 Å². The summed E-state index contributed by atoms with van der Waals surface area (Å²) in [5, 5.41) is 0. The Morgan fingerprint density at radius 1 is 1.12 bits per heavy atom. The summed E-state index contributed by atoms with van der Waals surface area (Å²) in [6.07, 6.45) is 6.54. The third kappa shape index (κ3) is 5.26. The van der Waals surface area contributed by atoms with Crippen molar-refractivity contribution < 1.29 is 9.47 Å². The zero-order valence-corrected chi connectivity index (χ0v) is 16.0. The van der Waals surface area contributed by atoms with Crippen LogP contribution in [-0.4, -0.2) is 41.2 Å². The molecule has 2 heterocycles. The van der Waals surface area contributed by atoms with Crippen molar-refractivity contribution in [3.8, 4) is 5.75 Å². The highest BCUT2D eigenvalue weighted by Crippen LogP contribution is 2.19. The van der Waals surface area contributed by atoms with E-state index in [1.54, 1.807) is 7.11 Å². The van der Waals surface area contributed by atoms with E-state index in [9.17, 15) is 0 Å². The summed E-state index contributed by atoms with van der Waals surface area (Å²) in [6.45, 7) is 7.73. The molecule has 0 N–H and O–H groups in total. The van der Waals surface area contributed by atoms with Crippen LogP contribution in [0.25, 0.3) is 0 Å². The molecule has 1 fully saturated rings. The monoisotopic (exact) mass is 355 g/mol. The molecule has 2 aromatic rings. The average molecular weight is 355 g/mol. The first kappa shape index (κ1) is 18.8. The molecule has 0 bridgehead atoms. The number of hydrogen-bond acceptors (Lipinski definition) is 5. The van der Waals surface area contributed by atoms with E-state index >= 15 is 0 Å². The fourth-order valence-corrected chi connectivity index (χ4v) is 3.25. The van der Waals surface area contributed by atoms with Crippen LogP contribution in [0.4, 0.5) is 0 Å². The van der Waals surface area contributed by atoms with Gasteiger partial charge in [0.2, 0.25) is 0 Å². The molecule has 0 radical (unpaired) electrons. The Labute approximate surface area is 156 Å². The number of aromatic nitrogens is 2. The van der Waals surface area contributed by atoms with Gasteiger partial charge >= 0.3 is 0 Å². The molecular formula is C21H29N3O2. The maximum absolute atomic E-state index is 5.85. The first-order chi connectivity index (χ1) is 12.6. The van der Waals surface area contributed by atoms with Crippen LogP contribution >= 0.6 is 0 Å². The van der Waals surface area contributed by atoms with Gasteiger partial charge in [-0.15, -0.1) is 0 Å². The molecule has 3 rings (SSSR count). The predicted octanol–water partition coefficient (Wildman–Crippen LogP) is 3.79. The van der Waals surface area contributed by atoms with Crippen molar-refractivity contribution in [2.45, 2.75) is 51.8 Å². The first-order valence-corrected chi connectivity index (χ1v) is 9.41. The molecule has 1 unspecified atom stereocenters. The summed E-state index contributed by atoms with van der Waals surface area (Å²) in [5.74, 6) is 2.14. The molecule has 26 heavy (non-hydrogen) atoms. The number of methoxy groups -OCH3 is 1. The van der Waals surface area contributed by atoms with E-state index in [1.165, 1.54) is 5.56 Å². The number of benzene rings is 1. The molecule has 1 aromatic heterocycles. The van der Waals surface area contributed by atoms with Crippen LogP contribution in [-0.2, 0) is 17.8 Å². The Morgan fingerprint density at radius 2 is 1.81 bits per heavy atom. The van der Waals surface area contributed by atoms with Gasteiger partial charge in [-0.2, -0.15) is 0 Å². The topological polar surface area (TPSA) is 47.5 Å². The lowest BCUT2D eigenvalue weighted by Crippen LogP contribution is -2.31. The quantitative estimate of drug-likeness (QED) is 0.721. The maximum Gasteiger partial charge on any atom is 0.130 e. The lowest BCUT2D eigenvalue weighted by Gasteiger charge is -2.25. The van der Waals surface area contributed by atoms with Gasteiger partial charge in [0.25, 0.3) is 0 Å². The third-order valence-corrected chi connectivity index (χ3v) is 4.70. The second-order valence-electron chi connectivity index (χ2n) is 7.26. The van der Waals surface area contributed by atoms with Gasteiger partial charge in [0, 0.05) is 50.1 Å². The van der Waals surface area contributed by atoms with Crippen molar-refractivity contribution in [1.82, 2.24) is 14.9 Å². The van der Waals surface area contributed by atoms with Crippen LogP contribution in [0.2, 0.25) is 0 Å². The molecule has 0 spiro atoms. The lowest BCUT2D eigenvalue weighted by atomic mass is 10.1. The number of hydrogen-bond donors (Lipinski definition) is 0. The summed E-state index contributed by atoms with van der Waals surface area (Å²) in [6, 6.07) is 8.28. The fraction of sp³-hybridized carbons (Fsp3) is 0.524. The van der Waals surface area contributed by atoms with Crippen molar-refractivity contribution in [3.05, 3.63) is 53.6 Å². The van der Waals surface area contributed by atoms with Gasteiger partial charge in [-0.05, 0) is 30.5 Å². The molecule has 1 aliphatic rings. The van der Waals surface area contributed by atoms with E-state index in [0.717, 1.165) is 56.2 Å². The lowest BCUT2D eigenvalue weighted by molar-refractivity contribution is 0.0678. The molecule has 140 valence electrons. The summed E-state index contributed by atoms with van der Waals surface area (Å²) < 4.78 is 11.1. The molecule has 5 heteroatoms. The summed E-state index contributed by atoms with van der Waals surface area (Å²) in [4.78, 5) is 11.4. The molecule has 0 saturated carbocycles. The Bertz CT molecular complexity index is 665. The molecule has 0 aliphatic carbocycles. The molecule has 1 saturated heterocycles. The Morgan fingerprint density at radius 3 is 2.38 bits per heavy atom. The van der Waals surface area contributed by atoms with E-state index in [-0.39, 0.29) is 0 Å². The zero-order valence-electron chi connectivity index (χ0n) is 16.0. The van der Waals surface area contributed by atoms with Crippen LogP contribution in [0.15, 0.2) is 36.7 Å². The number of rotatable bonds is 8. The van der Waals surface area contributed by atoms with Gasteiger partial charge in [0.05, 0.1) is 13.2 Å². The van der Waals surface area contributed by atoms with E-state index in [2.05, 4.69) is 40.8 Å². The zero-order chi connectivity index (χ0) is 18.4. The molecule has 1 aromatic carbocycles. The summed E-state index contributed by atoms with van der Waals surface area (Å²) in [5.41, 5.74) is 2.41. The van der Waals surface area contributed by atoms with Crippen LogP contribution in [0.3, 0.4) is 0 Å². The fourth-order valence-electron chi connectivity index (χ4n) is 3.25. The van der Waals surface area contributed by atoms with Gasteiger partial charge < -0.3 is 9.47 Å². The normalized spacial score (nSPS) is 17.2. The number of nitrogens with zero attached hydrogens (tertiary/aromatic N) is 3. The minimum atomic E-state index is 0.323. The van der Waals surface area contributed by atoms with Gasteiger partial charge in [-0.25, -0.2) is 9.97 Å². The first-order valence-electron chi connectivity index (χ1n) is 9.41. The van der Waals surface area contributed by atoms with Crippen LogP contribution in [0, 0.1) is 0 Å². The van der Waals surface area contributed by atoms with E-state index in [4.69, 9.17) is 9.47 Å².